The summed E-state index contributed by atoms with van der Waals surface area (Å²) in [6.07, 6.45) is 1.44. The number of aryl methyl sites for hydroxylation is 3. The van der Waals surface area contributed by atoms with Crippen molar-refractivity contribution in [3.63, 3.8) is 0 Å². The first kappa shape index (κ1) is 25.1. The molecule has 0 aliphatic heterocycles. The van der Waals surface area contributed by atoms with Gasteiger partial charge in [-0.25, -0.2) is 0 Å². The minimum atomic E-state index is -0.301. The summed E-state index contributed by atoms with van der Waals surface area (Å²) < 4.78 is 8.07. The van der Waals surface area contributed by atoms with E-state index in [9.17, 15) is 4.79 Å². The number of carbonyl (C=O) groups is 1. The fraction of sp³-hybridized carbons (Fsp3) is 0.400. The number of anilines is 1. The molecular formula is C25H31ClN4O2S. The van der Waals surface area contributed by atoms with Gasteiger partial charge in [0.25, 0.3) is 0 Å². The van der Waals surface area contributed by atoms with Gasteiger partial charge in [-0.2, -0.15) is 0 Å². The number of nitrogens with one attached hydrogen (secondary N) is 1. The van der Waals surface area contributed by atoms with Crippen LogP contribution in [0.25, 0.3) is 0 Å². The molecule has 8 heteroatoms. The summed E-state index contributed by atoms with van der Waals surface area (Å²) in [5, 5.41) is 13.2. The first-order valence-electron chi connectivity index (χ1n) is 11.3. The van der Waals surface area contributed by atoms with Crippen LogP contribution in [0.3, 0.4) is 0 Å². The van der Waals surface area contributed by atoms with E-state index in [1.54, 1.807) is 0 Å². The number of aromatic nitrogens is 3. The Hall–Kier alpha value is -2.51. The number of benzene rings is 2. The van der Waals surface area contributed by atoms with E-state index in [4.69, 9.17) is 16.3 Å². The van der Waals surface area contributed by atoms with Crippen LogP contribution in [0.5, 0.6) is 5.75 Å². The molecule has 33 heavy (non-hydrogen) atoms. The number of hydrogen-bond acceptors (Lipinski definition) is 5. The summed E-state index contributed by atoms with van der Waals surface area (Å²) in [7, 11) is 0. The van der Waals surface area contributed by atoms with Gasteiger partial charge in [0.05, 0.1) is 5.75 Å². The van der Waals surface area contributed by atoms with E-state index in [0.29, 0.717) is 16.7 Å². The molecule has 1 heterocycles. The van der Waals surface area contributed by atoms with Crippen LogP contribution in [-0.2, 0) is 24.2 Å². The molecule has 1 atom stereocenters. The molecule has 2 aromatic carbocycles. The molecule has 0 saturated carbocycles. The summed E-state index contributed by atoms with van der Waals surface area (Å²) in [5.41, 5.74) is 4.19. The fourth-order valence-electron chi connectivity index (χ4n) is 3.66. The highest BCUT2D eigenvalue weighted by Gasteiger charge is 2.20. The normalized spacial score (nSPS) is 11.9. The lowest BCUT2D eigenvalue weighted by Gasteiger charge is -2.16. The van der Waals surface area contributed by atoms with Crippen molar-refractivity contribution in [2.75, 3.05) is 11.1 Å². The smallest absolute Gasteiger partial charge is 0.234 e. The van der Waals surface area contributed by atoms with E-state index in [-0.39, 0.29) is 17.8 Å². The molecule has 176 valence electrons. The molecule has 0 radical (unpaired) electrons. The molecular weight excluding hydrogens is 456 g/mol. The van der Waals surface area contributed by atoms with Crippen LogP contribution in [0.4, 0.5) is 5.69 Å². The minimum absolute atomic E-state index is 0.0521. The van der Waals surface area contributed by atoms with Crippen molar-refractivity contribution in [1.82, 2.24) is 14.8 Å². The molecule has 0 fully saturated rings. The molecule has 0 bridgehead atoms. The number of rotatable bonds is 10. The Labute approximate surface area is 205 Å². The van der Waals surface area contributed by atoms with E-state index in [1.807, 2.05) is 49.6 Å². The Kier molecular flexibility index (Phi) is 8.80. The van der Waals surface area contributed by atoms with Crippen molar-refractivity contribution < 1.29 is 9.53 Å². The van der Waals surface area contributed by atoms with Gasteiger partial charge >= 0.3 is 0 Å². The third-order valence-electron chi connectivity index (χ3n) is 5.46. The summed E-state index contributed by atoms with van der Waals surface area (Å²) in [6, 6.07) is 11.7. The number of para-hydroxylation sites is 1. The highest BCUT2D eigenvalue weighted by atomic mass is 35.5. The van der Waals surface area contributed by atoms with Crippen LogP contribution >= 0.6 is 23.4 Å². The van der Waals surface area contributed by atoms with Crippen molar-refractivity contribution >= 4 is 35.0 Å². The zero-order valence-electron chi connectivity index (χ0n) is 19.8. The first-order chi connectivity index (χ1) is 15.9. The third-order valence-corrected chi connectivity index (χ3v) is 6.85. The average molecular weight is 487 g/mol. The standard InChI is InChI=1S/C25H31ClN4O2S/c1-6-18-10-9-11-19(7-2)23(18)27-22(31)15-33-25-29-28-24(30(25)8-3)17(5)32-20-12-13-21(26)16(4)14-20/h9-14,17H,6-8,15H2,1-5H3,(H,27,31). The summed E-state index contributed by atoms with van der Waals surface area (Å²) in [6.45, 7) is 10.8. The van der Waals surface area contributed by atoms with Gasteiger partial charge in [-0.1, -0.05) is 55.4 Å². The van der Waals surface area contributed by atoms with Crippen LogP contribution in [0.1, 0.15) is 56.3 Å². The molecule has 1 amide bonds. The average Bonchev–Trinajstić information content (AvgIpc) is 3.23. The number of ether oxygens (including phenoxy) is 1. The fourth-order valence-corrected chi connectivity index (χ4v) is 4.59. The van der Waals surface area contributed by atoms with Crippen LogP contribution < -0.4 is 10.1 Å². The Bertz CT molecular complexity index is 1090. The molecule has 1 aromatic heterocycles. The molecule has 0 spiro atoms. The second-order valence-electron chi connectivity index (χ2n) is 7.75. The van der Waals surface area contributed by atoms with Gasteiger partial charge in [0, 0.05) is 17.3 Å². The van der Waals surface area contributed by atoms with Crippen LogP contribution in [0.2, 0.25) is 5.02 Å². The van der Waals surface area contributed by atoms with Crippen molar-refractivity contribution in [3.8, 4) is 5.75 Å². The molecule has 0 saturated heterocycles. The molecule has 3 aromatic rings. The lowest BCUT2D eigenvalue weighted by Crippen LogP contribution is -2.17. The Morgan fingerprint density at radius 2 is 1.85 bits per heavy atom. The monoisotopic (exact) mass is 486 g/mol. The topological polar surface area (TPSA) is 69.0 Å². The van der Waals surface area contributed by atoms with E-state index in [2.05, 4.69) is 41.5 Å². The molecule has 0 aliphatic carbocycles. The van der Waals surface area contributed by atoms with Gasteiger partial charge in [0.15, 0.2) is 17.1 Å². The number of nitrogens with zero attached hydrogens (tertiary/aromatic N) is 3. The van der Waals surface area contributed by atoms with Gasteiger partial charge in [-0.3, -0.25) is 4.79 Å². The third kappa shape index (κ3) is 6.09. The largest absolute Gasteiger partial charge is 0.483 e. The predicted molar refractivity (Wildman–Crippen MR) is 135 cm³/mol. The number of amides is 1. The lowest BCUT2D eigenvalue weighted by atomic mass is 10.0. The highest BCUT2D eigenvalue weighted by molar-refractivity contribution is 7.99. The van der Waals surface area contributed by atoms with E-state index in [1.165, 1.54) is 11.8 Å². The molecule has 6 nitrogen and oxygen atoms in total. The van der Waals surface area contributed by atoms with Crippen molar-refractivity contribution in [2.24, 2.45) is 0 Å². The molecule has 0 aliphatic rings. The second kappa shape index (κ2) is 11.6. The predicted octanol–water partition coefficient (Wildman–Crippen LogP) is 6.26. The number of halogens is 1. The second-order valence-corrected chi connectivity index (χ2v) is 9.10. The van der Waals surface area contributed by atoms with Gasteiger partial charge < -0.3 is 14.6 Å². The Balaban J connectivity index is 1.68. The van der Waals surface area contributed by atoms with Gasteiger partial charge in [0.2, 0.25) is 5.91 Å². The summed E-state index contributed by atoms with van der Waals surface area (Å²) in [4.78, 5) is 12.7. The maximum absolute atomic E-state index is 12.7. The van der Waals surface area contributed by atoms with Gasteiger partial charge in [-0.05, 0) is 68.5 Å². The van der Waals surface area contributed by atoms with E-state index < -0.39 is 0 Å². The van der Waals surface area contributed by atoms with Gasteiger partial charge in [-0.15, -0.1) is 10.2 Å². The first-order valence-corrected chi connectivity index (χ1v) is 12.6. The lowest BCUT2D eigenvalue weighted by molar-refractivity contribution is -0.113. The summed E-state index contributed by atoms with van der Waals surface area (Å²) in [5.74, 6) is 1.65. The number of hydrogen-bond donors (Lipinski definition) is 1. The SMILES string of the molecule is CCc1cccc(CC)c1NC(=O)CSc1nnc(C(C)Oc2ccc(Cl)c(C)c2)n1CC. The Morgan fingerprint density at radius 3 is 2.45 bits per heavy atom. The van der Waals surface area contributed by atoms with Gasteiger partial charge in [0.1, 0.15) is 5.75 Å². The molecule has 3 rings (SSSR count). The van der Waals surface area contributed by atoms with Crippen molar-refractivity contribution in [3.05, 3.63) is 63.9 Å². The minimum Gasteiger partial charge on any atom is -0.483 e. The van der Waals surface area contributed by atoms with Crippen LogP contribution in [0, 0.1) is 6.92 Å². The summed E-state index contributed by atoms with van der Waals surface area (Å²) >= 11 is 7.49. The Morgan fingerprint density at radius 1 is 1.15 bits per heavy atom. The van der Waals surface area contributed by atoms with Crippen molar-refractivity contribution in [2.45, 2.75) is 65.3 Å². The van der Waals surface area contributed by atoms with Crippen molar-refractivity contribution in [1.29, 1.82) is 0 Å². The zero-order chi connectivity index (χ0) is 24.0. The highest BCUT2D eigenvalue weighted by Crippen LogP contribution is 2.28. The van der Waals surface area contributed by atoms with Crippen LogP contribution in [0.15, 0.2) is 41.6 Å². The van der Waals surface area contributed by atoms with E-state index >= 15 is 0 Å². The molecule has 1 N–H and O–H groups in total. The number of thioether (sulfide) groups is 1. The zero-order valence-corrected chi connectivity index (χ0v) is 21.4. The molecule has 1 unspecified atom stereocenters. The maximum atomic E-state index is 12.7. The number of carbonyl (C=O) groups excluding carboxylic acids is 1. The quantitative estimate of drug-likeness (QED) is 0.343. The van der Waals surface area contributed by atoms with Crippen LogP contribution in [-0.4, -0.2) is 26.4 Å². The van der Waals surface area contributed by atoms with E-state index in [0.717, 1.165) is 46.8 Å². The maximum Gasteiger partial charge on any atom is 0.234 e.